The fraction of sp³-hybridized carbons (Fsp3) is 0.231. The van der Waals surface area contributed by atoms with E-state index in [2.05, 4.69) is 23.0 Å². The first-order valence-corrected chi connectivity index (χ1v) is 8.36. The standard InChI is InChI=1S/C13H15NO2S2/c1-10-8-17-9-11(10)7-14-12-5-3-4-6-13(12)18(2,15)16/h3-6,8-9,14H,7H2,1-2H3. The maximum atomic E-state index is 11.6. The van der Waals surface area contributed by atoms with Gasteiger partial charge < -0.3 is 5.32 Å². The van der Waals surface area contributed by atoms with Gasteiger partial charge in [-0.05, 0) is 40.9 Å². The quantitative estimate of drug-likeness (QED) is 0.937. The van der Waals surface area contributed by atoms with E-state index >= 15 is 0 Å². The lowest BCUT2D eigenvalue weighted by Gasteiger charge is -2.10. The Hall–Kier alpha value is -1.33. The first-order valence-electron chi connectivity index (χ1n) is 5.53. The fourth-order valence-electron chi connectivity index (χ4n) is 1.69. The third-order valence-corrected chi connectivity index (χ3v) is 4.78. The molecule has 0 saturated heterocycles. The highest BCUT2D eigenvalue weighted by Gasteiger charge is 2.12. The van der Waals surface area contributed by atoms with Crippen LogP contribution in [0.4, 0.5) is 5.69 Å². The highest BCUT2D eigenvalue weighted by atomic mass is 32.2. The molecule has 5 heteroatoms. The Bertz CT molecular complexity index is 645. The van der Waals surface area contributed by atoms with Crippen LogP contribution in [-0.2, 0) is 16.4 Å². The Morgan fingerprint density at radius 3 is 2.56 bits per heavy atom. The second-order valence-electron chi connectivity index (χ2n) is 4.20. The van der Waals surface area contributed by atoms with E-state index in [1.54, 1.807) is 29.5 Å². The van der Waals surface area contributed by atoms with E-state index in [0.717, 1.165) is 0 Å². The van der Waals surface area contributed by atoms with Gasteiger partial charge in [-0.1, -0.05) is 12.1 Å². The maximum absolute atomic E-state index is 11.6. The van der Waals surface area contributed by atoms with Crippen LogP contribution >= 0.6 is 11.3 Å². The number of rotatable bonds is 4. The molecule has 1 N–H and O–H groups in total. The molecule has 0 bridgehead atoms. The molecule has 0 aliphatic heterocycles. The normalized spacial score (nSPS) is 11.4. The molecule has 0 spiro atoms. The van der Waals surface area contributed by atoms with Crippen LogP contribution < -0.4 is 5.32 Å². The van der Waals surface area contributed by atoms with Gasteiger partial charge in [0.1, 0.15) is 0 Å². The van der Waals surface area contributed by atoms with Crippen molar-refractivity contribution in [2.24, 2.45) is 0 Å². The van der Waals surface area contributed by atoms with Gasteiger partial charge in [0.15, 0.2) is 9.84 Å². The average molecular weight is 281 g/mol. The molecule has 0 amide bonds. The molecule has 0 saturated carbocycles. The van der Waals surface area contributed by atoms with Crippen molar-refractivity contribution in [3.05, 3.63) is 46.2 Å². The van der Waals surface area contributed by atoms with Crippen molar-refractivity contribution in [2.75, 3.05) is 11.6 Å². The van der Waals surface area contributed by atoms with E-state index in [1.165, 1.54) is 17.4 Å². The summed E-state index contributed by atoms with van der Waals surface area (Å²) >= 11 is 1.65. The minimum Gasteiger partial charge on any atom is -0.380 e. The summed E-state index contributed by atoms with van der Waals surface area (Å²) < 4.78 is 23.3. The summed E-state index contributed by atoms with van der Waals surface area (Å²) in [6, 6.07) is 6.98. The molecule has 0 atom stereocenters. The van der Waals surface area contributed by atoms with Crippen molar-refractivity contribution in [1.29, 1.82) is 0 Å². The second-order valence-corrected chi connectivity index (χ2v) is 6.93. The number of nitrogens with one attached hydrogen (secondary N) is 1. The van der Waals surface area contributed by atoms with Crippen LogP contribution in [0, 0.1) is 6.92 Å². The molecule has 0 unspecified atom stereocenters. The number of benzene rings is 1. The molecule has 1 aromatic carbocycles. The molecule has 1 heterocycles. The Morgan fingerprint density at radius 1 is 1.22 bits per heavy atom. The van der Waals surface area contributed by atoms with Crippen LogP contribution in [0.25, 0.3) is 0 Å². The number of hydrogen-bond donors (Lipinski definition) is 1. The SMILES string of the molecule is Cc1cscc1CNc1ccccc1S(C)(=O)=O. The minimum atomic E-state index is -3.19. The lowest BCUT2D eigenvalue weighted by atomic mass is 10.2. The van der Waals surface area contributed by atoms with E-state index < -0.39 is 9.84 Å². The predicted molar refractivity (Wildman–Crippen MR) is 75.9 cm³/mol. The monoisotopic (exact) mass is 281 g/mol. The first-order chi connectivity index (χ1) is 8.48. The number of anilines is 1. The van der Waals surface area contributed by atoms with Gasteiger partial charge in [0.25, 0.3) is 0 Å². The van der Waals surface area contributed by atoms with Gasteiger partial charge in [-0.25, -0.2) is 8.42 Å². The minimum absolute atomic E-state index is 0.345. The Labute approximate surface area is 111 Å². The zero-order valence-electron chi connectivity index (χ0n) is 10.3. The molecular weight excluding hydrogens is 266 g/mol. The molecular formula is C13H15NO2S2. The molecule has 18 heavy (non-hydrogen) atoms. The summed E-state index contributed by atoms with van der Waals surface area (Å²) in [7, 11) is -3.19. The third-order valence-electron chi connectivity index (χ3n) is 2.72. The Morgan fingerprint density at radius 2 is 1.94 bits per heavy atom. The van der Waals surface area contributed by atoms with Gasteiger partial charge in [0.05, 0.1) is 10.6 Å². The van der Waals surface area contributed by atoms with Gasteiger partial charge >= 0.3 is 0 Å². The smallest absolute Gasteiger partial charge is 0.177 e. The molecule has 0 fully saturated rings. The van der Waals surface area contributed by atoms with Crippen LogP contribution in [0.2, 0.25) is 0 Å². The van der Waals surface area contributed by atoms with Gasteiger partial charge in [0.2, 0.25) is 0 Å². The van der Waals surface area contributed by atoms with Crippen molar-refractivity contribution in [1.82, 2.24) is 0 Å². The van der Waals surface area contributed by atoms with Gasteiger partial charge in [-0.2, -0.15) is 11.3 Å². The van der Waals surface area contributed by atoms with Crippen molar-refractivity contribution in [3.63, 3.8) is 0 Å². The number of aryl methyl sites for hydroxylation is 1. The number of hydrogen-bond acceptors (Lipinski definition) is 4. The van der Waals surface area contributed by atoms with Crippen LogP contribution in [0.1, 0.15) is 11.1 Å². The van der Waals surface area contributed by atoms with Crippen molar-refractivity contribution in [2.45, 2.75) is 18.4 Å². The number of sulfone groups is 1. The summed E-state index contributed by atoms with van der Waals surface area (Å²) in [5, 5.41) is 7.35. The highest BCUT2D eigenvalue weighted by molar-refractivity contribution is 7.90. The number of para-hydroxylation sites is 1. The molecule has 0 radical (unpaired) electrons. The lowest BCUT2D eigenvalue weighted by Crippen LogP contribution is -2.06. The molecule has 1 aromatic heterocycles. The molecule has 2 aromatic rings. The van der Waals surface area contributed by atoms with Crippen LogP contribution in [-0.4, -0.2) is 14.7 Å². The van der Waals surface area contributed by atoms with Gasteiger partial charge in [-0.15, -0.1) is 0 Å². The van der Waals surface area contributed by atoms with Crippen molar-refractivity contribution >= 4 is 26.9 Å². The summed E-state index contributed by atoms with van der Waals surface area (Å²) in [6.07, 6.45) is 1.23. The summed E-state index contributed by atoms with van der Waals surface area (Å²) in [6.45, 7) is 2.69. The zero-order valence-corrected chi connectivity index (χ0v) is 11.9. The molecule has 0 aliphatic carbocycles. The van der Waals surface area contributed by atoms with Gasteiger partial charge in [0, 0.05) is 12.8 Å². The topological polar surface area (TPSA) is 46.2 Å². The first kappa shape index (κ1) is 13.1. The van der Waals surface area contributed by atoms with E-state index in [9.17, 15) is 8.42 Å². The maximum Gasteiger partial charge on any atom is 0.177 e. The van der Waals surface area contributed by atoms with Crippen LogP contribution in [0.5, 0.6) is 0 Å². The molecule has 96 valence electrons. The van der Waals surface area contributed by atoms with E-state index in [-0.39, 0.29) is 0 Å². The fourth-order valence-corrected chi connectivity index (χ4v) is 3.42. The van der Waals surface area contributed by atoms with Crippen molar-refractivity contribution < 1.29 is 8.42 Å². The predicted octanol–water partition coefficient (Wildman–Crippen LogP) is 3.07. The molecule has 3 nitrogen and oxygen atoms in total. The van der Waals surface area contributed by atoms with Crippen LogP contribution in [0.3, 0.4) is 0 Å². The van der Waals surface area contributed by atoms with Gasteiger partial charge in [-0.3, -0.25) is 0 Å². The highest BCUT2D eigenvalue weighted by Crippen LogP contribution is 2.22. The van der Waals surface area contributed by atoms with Crippen LogP contribution in [0.15, 0.2) is 39.9 Å². The Kier molecular flexibility index (Phi) is 3.73. The average Bonchev–Trinajstić information content (AvgIpc) is 2.71. The lowest BCUT2D eigenvalue weighted by molar-refractivity contribution is 0.602. The Balaban J connectivity index is 2.23. The van der Waals surface area contributed by atoms with Crippen molar-refractivity contribution in [3.8, 4) is 0 Å². The summed E-state index contributed by atoms with van der Waals surface area (Å²) in [5.74, 6) is 0. The number of thiophene rings is 1. The van der Waals surface area contributed by atoms with E-state index in [4.69, 9.17) is 0 Å². The molecule has 2 rings (SSSR count). The third kappa shape index (κ3) is 2.91. The summed E-state index contributed by atoms with van der Waals surface area (Å²) in [5.41, 5.74) is 3.08. The van der Waals surface area contributed by atoms with E-state index in [0.29, 0.717) is 17.1 Å². The molecule has 0 aliphatic rings. The van der Waals surface area contributed by atoms with E-state index in [1.807, 2.05) is 6.07 Å². The second kappa shape index (κ2) is 5.12. The largest absolute Gasteiger partial charge is 0.380 e. The zero-order chi connectivity index (χ0) is 13.2. The summed E-state index contributed by atoms with van der Waals surface area (Å²) in [4.78, 5) is 0.345.